The van der Waals surface area contributed by atoms with E-state index in [1.807, 2.05) is 24.3 Å². The van der Waals surface area contributed by atoms with E-state index in [4.69, 9.17) is 5.73 Å². The maximum atomic E-state index is 12.1. The van der Waals surface area contributed by atoms with Crippen LogP contribution in [0.15, 0.2) is 24.3 Å². The monoisotopic (exact) mass is 260 g/mol. The van der Waals surface area contributed by atoms with E-state index in [1.54, 1.807) is 0 Å². The van der Waals surface area contributed by atoms with Gasteiger partial charge in [-0.1, -0.05) is 31.9 Å². The highest BCUT2D eigenvalue weighted by Gasteiger charge is 2.36. The molecule has 0 atom stereocenters. The third-order valence-electron chi connectivity index (χ3n) is 4.27. The molecule has 0 bridgehead atoms. The molecule has 19 heavy (non-hydrogen) atoms. The van der Waals surface area contributed by atoms with Crippen LogP contribution in [0.25, 0.3) is 0 Å². The van der Waals surface area contributed by atoms with Crippen molar-refractivity contribution < 1.29 is 4.79 Å². The topological polar surface area (TPSA) is 55.1 Å². The standard InChI is InChI=1S/C16H24N2O/c1-2-8-16(9-3-10-16)12-18-15(19)14-6-4-13(11-17)5-7-14/h4-7H,2-3,8-12,17H2,1H3,(H,18,19). The Labute approximate surface area is 115 Å². The fourth-order valence-corrected chi connectivity index (χ4v) is 2.88. The van der Waals surface area contributed by atoms with Gasteiger partial charge in [0.15, 0.2) is 0 Å². The highest BCUT2D eigenvalue weighted by atomic mass is 16.1. The first kappa shape index (κ1) is 14.1. The van der Waals surface area contributed by atoms with Crippen molar-refractivity contribution in [3.63, 3.8) is 0 Å². The zero-order valence-corrected chi connectivity index (χ0v) is 11.7. The summed E-state index contributed by atoms with van der Waals surface area (Å²) in [5.74, 6) is 0.0333. The molecule has 0 aliphatic heterocycles. The summed E-state index contributed by atoms with van der Waals surface area (Å²) in [5, 5.41) is 3.09. The van der Waals surface area contributed by atoms with Gasteiger partial charge in [-0.15, -0.1) is 0 Å². The van der Waals surface area contributed by atoms with Gasteiger partial charge in [-0.05, 0) is 42.4 Å². The van der Waals surface area contributed by atoms with Crippen molar-refractivity contribution >= 4 is 5.91 Å². The van der Waals surface area contributed by atoms with E-state index in [-0.39, 0.29) is 5.91 Å². The van der Waals surface area contributed by atoms with E-state index in [2.05, 4.69) is 12.2 Å². The number of amides is 1. The van der Waals surface area contributed by atoms with Gasteiger partial charge in [-0.3, -0.25) is 4.79 Å². The Hall–Kier alpha value is -1.35. The molecule has 0 radical (unpaired) electrons. The molecule has 1 fully saturated rings. The maximum Gasteiger partial charge on any atom is 0.251 e. The molecule has 1 aliphatic carbocycles. The van der Waals surface area contributed by atoms with Crippen LogP contribution in [0.1, 0.15) is 54.9 Å². The highest BCUT2D eigenvalue weighted by Crippen LogP contribution is 2.44. The van der Waals surface area contributed by atoms with Crippen molar-refractivity contribution in [2.75, 3.05) is 6.54 Å². The SMILES string of the molecule is CCCC1(CNC(=O)c2ccc(CN)cc2)CCC1. The molecule has 1 aliphatic rings. The van der Waals surface area contributed by atoms with E-state index < -0.39 is 0 Å². The van der Waals surface area contributed by atoms with Gasteiger partial charge in [0.2, 0.25) is 0 Å². The molecule has 0 aromatic heterocycles. The largest absolute Gasteiger partial charge is 0.351 e. The van der Waals surface area contributed by atoms with Crippen molar-refractivity contribution in [2.45, 2.75) is 45.6 Å². The number of benzene rings is 1. The number of carbonyl (C=O) groups is 1. The molecule has 0 saturated heterocycles. The predicted octanol–water partition coefficient (Wildman–Crippen LogP) is 2.85. The van der Waals surface area contributed by atoms with Gasteiger partial charge >= 0.3 is 0 Å². The number of hydrogen-bond donors (Lipinski definition) is 2. The zero-order valence-electron chi connectivity index (χ0n) is 11.7. The minimum Gasteiger partial charge on any atom is -0.351 e. The lowest BCUT2D eigenvalue weighted by molar-refractivity contribution is 0.0832. The van der Waals surface area contributed by atoms with Gasteiger partial charge < -0.3 is 11.1 Å². The Bertz CT molecular complexity index is 421. The zero-order chi connectivity index (χ0) is 13.7. The van der Waals surface area contributed by atoms with Gasteiger partial charge in [0, 0.05) is 18.7 Å². The van der Waals surface area contributed by atoms with Crippen molar-refractivity contribution in [3.05, 3.63) is 35.4 Å². The Balaban J connectivity index is 1.89. The Morgan fingerprint density at radius 3 is 2.47 bits per heavy atom. The quantitative estimate of drug-likeness (QED) is 0.826. The number of rotatable bonds is 6. The molecule has 1 amide bonds. The first-order valence-electron chi connectivity index (χ1n) is 7.26. The molecule has 1 aromatic rings. The van der Waals surface area contributed by atoms with Crippen LogP contribution in [0.3, 0.4) is 0 Å². The minimum atomic E-state index is 0.0333. The molecular formula is C16H24N2O. The minimum absolute atomic E-state index is 0.0333. The first-order valence-corrected chi connectivity index (χ1v) is 7.26. The molecule has 0 spiro atoms. The average Bonchev–Trinajstić information content (AvgIpc) is 2.41. The Morgan fingerprint density at radius 1 is 1.32 bits per heavy atom. The van der Waals surface area contributed by atoms with Crippen LogP contribution in [-0.4, -0.2) is 12.5 Å². The molecule has 3 heteroatoms. The molecule has 3 nitrogen and oxygen atoms in total. The van der Waals surface area contributed by atoms with Crippen molar-refractivity contribution in [1.29, 1.82) is 0 Å². The lowest BCUT2D eigenvalue weighted by atomic mass is 9.66. The van der Waals surface area contributed by atoms with Crippen LogP contribution in [0.4, 0.5) is 0 Å². The van der Waals surface area contributed by atoms with Gasteiger partial charge in [0.05, 0.1) is 0 Å². The first-order chi connectivity index (χ1) is 9.19. The highest BCUT2D eigenvalue weighted by molar-refractivity contribution is 5.94. The number of nitrogens with one attached hydrogen (secondary N) is 1. The van der Waals surface area contributed by atoms with E-state index in [0.717, 1.165) is 17.7 Å². The summed E-state index contributed by atoms with van der Waals surface area (Å²) in [6, 6.07) is 7.54. The smallest absolute Gasteiger partial charge is 0.251 e. The summed E-state index contributed by atoms with van der Waals surface area (Å²) in [7, 11) is 0. The summed E-state index contributed by atoms with van der Waals surface area (Å²) in [4.78, 5) is 12.1. The summed E-state index contributed by atoms with van der Waals surface area (Å²) in [5.41, 5.74) is 7.71. The summed E-state index contributed by atoms with van der Waals surface area (Å²) in [6.45, 7) is 3.55. The normalized spacial score (nSPS) is 16.7. The van der Waals surface area contributed by atoms with Gasteiger partial charge in [-0.2, -0.15) is 0 Å². The summed E-state index contributed by atoms with van der Waals surface area (Å²) >= 11 is 0. The van der Waals surface area contributed by atoms with Crippen LogP contribution >= 0.6 is 0 Å². The second kappa shape index (κ2) is 6.20. The Kier molecular flexibility index (Phi) is 4.59. The van der Waals surface area contributed by atoms with Crippen molar-refractivity contribution in [1.82, 2.24) is 5.32 Å². The van der Waals surface area contributed by atoms with Crippen LogP contribution in [0, 0.1) is 5.41 Å². The van der Waals surface area contributed by atoms with Crippen LogP contribution in [-0.2, 0) is 6.54 Å². The van der Waals surface area contributed by atoms with E-state index in [1.165, 1.54) is 32.1 Å². The average molecular weight is 260 g/mol. The molecule has 1 aromatic carbocycles. The summed E-state index contributed by atoms with van der Waals surface area (Å²) < 4.78 is 0. The molecule has 2 rings (SSSR count). The second-order valence-electron chi connectivity index (χ2n) is 5.69. The van der Waals surface area contributed by atoms with Crippen LogP contribution < -0.4 is 11.1 Å². The van der Waals surface area contributed by atoms with Crippen molar-refractivity contribution in [3.8, 4) is 0 Å². The lowest BCUT2D eigenvalue weighted by Gasteiger charge is -2.42. The molecule has 3 N–H and O–H groups in total. The van der Waals surface area contributed by atoms with E-state index >= 15 is 0 Å². The second-order valence-corrected chi connectivity index (χ2v) is 5.69. The van der Waals surface area contributed by atoms with Crippen LogP contribution in [0.5, 0.6) is 0 Å². The lowest BCUT2D eigenvalue weighted by Crippen LogP contribution is -2.42. The van der Waals surface area contributed by atoms with Gasteiger partial charge in [-0.25, -0.2) is 0 Å². The molecule has 0 unspecified atom stereocenters. The molecule has 1 saturated carbocycles. The maximum absolute atomic E-state index is 12.1. The fraction of sp³-hybridized carbons (Fsp3) is 0.562. The van der Waals surface area contributed by atoms with Crippen molar-refractivity contribution in [2.24, 2.45) is 11.1 Å². The third-order valence-corrected chi connectivity index (χ3v) is 4.27. The third kappa shape index (κ3) is 3.35. The van der Waals surface area contributed by atoms with Crippen LogP contribution in [0.2, 0.25) is 0 Å². The molecule has 104 valence electrons. The van der Waals surface area contributed by atoms with E-state index in [9.17, 15) is 4.79 Å². The van der Waals surface area contributed by atoms with Gasteiger partial charge in [0.1, 0.15) is 0 Å². The molecule has 0 heterocycles. The summed E-state index contributed by atoms with van der Waals surface area (Å²) in [6.07, 6.45) is 6.24. The van der Waals surface area contributed by atoms with Gasteiger partial charge in [0.25, 0.3) is 5.91 Å². The molecular weight excluding hydrogens is 236 g/mol. The predicted molar refractivity (Wildman–Crippen MR) is 77.9 cm³/mol. The number of hydrogen-bond acceptors (Lipinski definition) is 2. The Morgan fingerprint density at radius 2 is 2.00 bits per heavy atom. The van der Waals surface area contributed by atoms with E-state index in [0.29, 0.717) is 12.0 Å². The number of nitrogens with two attached hydrogens (primary N) is 1. The number of carbonyl (C=O) groups excluding carboxylic acids is 1. The fourth-order valence-electron chi connectivity index (χ4n) is 2.88.